The smallest absolute Gasteiger partial charge is 0.430 e. The predicted molar refractivity (Wildman–Crippen MR) is 186 cm³/mol. The van der Waals surface area contributed by atoms with Crippen molar-refractivity contribution in [2.24, 2.45) is 5.73 Å². The van der Waals surface area contributed by atoms with Gasteiger partial charge in [-0.15, -0.1) is 0 Å². The maximum atomic E-state index is 14.1. The van der Waals surface area contributed by atoms with E-state index >= 15 is 0 Å². The molecule has 288 valence electrons. The molecule has 1 saturated heterocycles. The second-order valence-corrected chi connectivity index (χ2v) is 13.1. The third-order valence-corrected chi connectivity index (χ3v) is 8.50. The van der Waals surface area contributed by atoms with Crippen LogP contribution in [0.5, 0.6) is 17.2 Å². The monoisotopic (exact) mass is 746 g/mol. The molecule has 3 atom stereocenters. The quantitative estimate of drug-likeness (QED) is 0.182. The van der Waals surface area contributed by atoms with Crippen molar-refractivity contribution >= 4 is 29.6 Å². The van der Waals surface area contributed by atoms with E-state index in [1.54, 1.807) is 81.5 Å². The number of likely N-dealkylation sites (tertiary alicyclic amines) is 1. The number of halogens is 3. The van der Waals surface area contributed by atoms with Gasteiger partial charge in [0.2, 0.25) is 5.91 Å². The molecule has 0 spiro atoms. The van der Waals surface area contributed by atoms with Gasteiger partial charge in [0.15, 0.2) is 11.5 Å². The Labute approximate surface area is 305 Å². The number of methoxy groups -OCH3 is 2. The summed E-state index contributed by atoms with van der Waals surface area (Å²) in [5.41, 5.74) is 8.64. The van der Waals surface area contributed by atoms with Gasteiger partial charge in [-0.05, 0) is 86.8 Å². The number of benzene rings is 3. The number of phenolic OH excluding ortho intramolecular Hbond substituents is 1. The minimum Gasteiger partial charge on any atom is -0.542 e. The van der Waals surface area contributed by atoms with Crippen LogP contribution in [0.25, 0.3) is 0 Å². The number of aliphatic carboxylic acids is 1. The number of carbonyl (C=O) groups is 4. The normalized spacial score (nSPS) is 17.4. The summed E-state index contributed by atoms with van der Waals surface area (Å²) >= 11 is 0. The van der Waals surface area contributed by atoms with Crippen LogP contribution in [0.4, 0.5) is 23.7 Å². The lowest BCUT2D eigenvalue weighted by Crippen LogP contribution is -2.62. The number of ether oxygens (including phenoxy) is 3. The first-order valence-electron chi connectivity index (χ1n) is 16.7. The van der Waals surface area contributed by atoms with Crippen LogP contribution in [-0.4, -0.2) is 97.1 Å². The third-order valence-electron chi connectivity index (χ3n) is 8.50. The Balaban J connectivity index is 0.000000980. The second-order valence-electron chi connectivity index (χ2n) is 13.1. The molecular formula is C37H45F3N4O9. The molecule has 0 radical (unpaired) electrons. The Kier molecular flexibility index (Phi) is 14.5. The summed E-state index contributed by atoms with van der Waals surface area (Å²) in [5, 5.41) is 21.5. The van der Waals surface area contributed by atoms with Gasteiger partial charge in [0.25, 0.3) is 0 Å². The molecule has 3 amide bonds. The molecule has 1 fully saturated rings. The number of aromatic hydroxyl groups is 1. The minimum absolute atomic E-state index is 0.102. The van der Waals surface area contributed by atoms with Crippen molar-refractivity contribution in [1.82, 2.24) is 4.90 Å². The highest BCUT2D eigenvalue weighted by Crippen LogP contribution is 2.31. The molecule has 4 rings (SSSR count). The number of carboxylic acids is 1. The molecule has 0 aromatic heterocycles. The first-order valence-corrected chi connectivity index (χ1v) is 16.7. The standard InChI is InChI=1S/C35H44N4O7.C2HF3O2/c1-23(2)46-34(42)26-11-13-27(14-12-26)37-35(43)38(30(33(36)41)19-24-8-15-29(40)16-9-24)28-7-6-18-39(3,22-28)21-25-10-17-31(44-4)32(20-25)45-5;3-2(4,5)1(6)7/h8-17,20,23,28,30H,6-7,18-19,21-22H2,1-5H3,(H3-,36,37,40,41,42,43);(H,6,7)/t28-,30+,39?;/m1./s1. The van der Waals surface area contributed by atoms with Gasteiger partial charge in [0, 0.05) is 17.7 Å². The van der Waals surface area contributed by atoms with E-state index in [2.05, 4.69) is 12.4 Å². The molecule has 16 heteroatoms. The summed E-state index contributed by atoms with van der Waals surface area (Å²) in [4.78, 5) is 49.9. The number of hydrogen-bond acceptors (Lipinski definition) is 9. The van der Waals surface area contributed by atoms with Crippen molar-refractivity contribution in [3.63, 3.8) is 0 Å². The predicted octanol–water partition coefficient (Wildman–Crippen LogP) is 4.01. The Hall–Kier alpha value is -5.51. The van der Waals surface area contributed by atoms with Crippen LogP contribution in [0.1, 0.15) is 48.2 Å². The number of nitrogens with two attached hydrogens (primary N) is 1. The largest absolute Gasteiger partial charge is 0.542 e. The number of nitrogens with zero attached hydrogens (tertiary/aromatic N) is 2. The molecule has 1 heterocycles. The van der Waals surface area contributed by atoms with Gasteiger partial charge in [0.1, 0.15) is 24.3 Å². The van der Waals surface area contributed by atoms with Crippen molar-refractivity contribution in [3.8, 4) is 17.2 Å². The highest BCUT2D eigenvalue weighted by Gasteiger charge is 2.41. The summed E-state index contributed by atoms with van der Waals surface area (Å²) in [6.07, 6.45) is -3.76. The number of anilines is 1. The number of hydrogen-bond donors (Lipinski definition) is 3. The summed E-state index contributed by atoms with van der Waals surface area (Å²) in [5.74, 6) is -2.69. The number of carbonyl (C=O) groups excluding carboxylic acids is 4. The molecule has 0 aliphatic carbocycles. The number of quaternary nitrogens is 1. The first kappa shape index (κ1) is 41.9. The second kappa shape index (κ2) is 18.3. The molecule has 1 unspecified atom stereocenters. The molecule has 4 N–H and O–H groups in total. The van der Waals surface area contributed by atoms with E-state index < -0.39 is 36.1 Å². The number of urea groups is 1. The zero-order chi connectivity index (χ0) is 39.5. The van der Waals surface area contributed by atoms with E-state index in [1.165, 1.54) is 0 Å². The van der Waals surface area contributed by atoms with Crippen molar-refractivity contribution in [1.29, 1.82) is 0 Å². The van der Waals surface area contributed by atoms with Crippen LogP contribution in [-0.2, 0) is 27.3 Å². The van der Waals surface area contributed by atoms with Crippen molar-refractivity contribution in [2.75, 3.05) is 39.7 Å². The van der Waals surface area contributed by atoms with Gasteiger partial charge in [-0.25, -0.2) is 9.59 Å². The van der Waals surface area contributed by atoms with Gasteiger partial charge >= 0.3 is 18.2 Å². The number of primary amides is 1. The third kappa shape index (κ3) is 12.3. The zero-order valence-corrected chi connectivity index (χ0v) is 30.1. The van der Waals surface area contributed by atoms with E-state index in [1.807, 2.05) is 18.2 Å². The fraction of sp³-hybridized carbons (Fsp3) is 0.405. The van der Waals surface area contributed by atoms with Crippen LogP contribution in [0.15, 0.2) is 66.7 Å². The number of phenols is 1. The number of likely N-dealkylation sites (N-methyl/N-ethyl adjacent to an activating group) is 1. The molecule has 13 nitrogen and oxygen atoms in total. The number of piperidine rings is 1. The van der Waals surface area contributed by atoms with Crippen LogP contribution in [0.2, 0.25) is 0 Å². The fourth-order valence-electron chi connectivity index (χ4n) is 6.10. The van der Waals surface area contributed by atoms with E-state index in [-0.39, 0.29) is 24.3 Å². The van der Waals surface area contributed by atoms with Gasteiger partial charge in [0.05, 0.1) is 52.1 Å². The lowest BCUT2D eigenvalue weighted by molar-refractivity contribution is -0.928. The fourth-order valence-corrected chi connectivity index (χ4v) is 6.10. The molecular weight excluding hydrogens is 701 g/mol. The average Bonchev–Trinajstić information content (AvgIpc) is 3.08. The molecule has 3 aromatic rings. The topological polar surface area (TPSA) is 181 Å². The number of nitrogens with one attached hydrogen (secondary N) is 1. The highest BCUT2D eigenvalue weighted by atomic mass is 19.4. The maximum absolute atomic E-state index is 14.1. The van der Waals surface area contributed by atoms with Crippen LogP contribution in [0, 0.1) is 0 Å². The maximum Gasteiger partial charge on any atom is 0.430 e. The molecule has 0 saturated carbocycles. The number of alkyl halides is 3. The number of carboxylic acid groups (broad SMARTS) is 1. The summed E-state index contributed by atoms with van der Waals surface area (Å²) in [6.45, 7) is 5.70. The van der Waals surface area contributed by atoms with E-state index in [4.69, 9.17) is 29.8 Å². The number of esters is 1. The summed E-state index contributed by atoms with van der Waals surface area (Å²) in [7, 11) is 5.35. The first-order chi connectivity index (χ1) is 24.8. The Morgan fingerprint density at radius 3 is 2.09 bits per heavy atom. The van der Waals surface area contributed by atoms with E-state index in [9.17, 15) is 32.7 Å². The molecule has 0 bridgehead atoms. The lowest BCUT2D eigenvalue weighted by Gasteiger charge is -2.46. The van der Waals surface area contributed by atoms with Crippen molar-refractivity contribution < 1.29 is 61.3 Å². The molecule has 53 heavy (non-hydrogen) atoms. The van der Waals surface area contributed by atoms with Gasteiger partial charge < -0.3 is 49.7 Å². The van der Waals surface area contributed by atoms with Crippen LogP contribution in [0.3, 0.4) is 0 Å². The van der Waals surface area contributed by atoms with Crippen molar-refractivity contribution in [2.45, 2.75) is 64.0 Å². The van der Waals surface area contributed by atoms with Crippen molar-refractivity contribution in [3.05, 3.63) is 83.4 Å². The average molecular weight is 747 g/mol. The minimum atomic E-state index is -5.19. The van der Waals surface area contributed by atoms with Gasteiger partial charge in [-0.2, -0.15) is 13.2 Å². The van der Waals surface area contributed by atoms with E-state index in [0.717, 1.165) is 24.1 Å². The summed E-state index contributed by atoms with van der Waals surface area (Å²) in [6, 6.07) is 17.1. The summed E-state index contributed by atoms with van der Waals surface area (Å²) < 4.78 is 48.4. The van der Waals surface area contributed by atoms with Crippen LogP contribution < -0.4 is 25.6 Å². The molecule has 3 aromatic carbocycles. The number of amides is 3. The molecule has 1 aliphatic rings. The Morgan fingerprint density at radius 1 is 0.981 bits per heavy atom. The lowest BCUT2D eigenvalue weighted by atomic mass is 9.96. The van der Waals surface area contributed by atoms with Gasteiger partial charge in [-0.3, -0.25) is 4.79 Å². The van der Waals surface area contributed by atoms with E-state index in [0.29, 0.717) is 46.7 Å². The van der Waals surface area contributed by atoms with Crippen LogP contribution >= 0.6 is 0 Å². The zero-order valence-electron chi connectivity index (χ0n) is 30.1. The molecule has 1 aliphatic heterocycles. The number of rotatable bonds is 12. The SMILES string of the molecule is COc1ccc(C[N+]2(C)CCC[C@@H](N(C(=O)Nc3ccc(C(=O)OC(C)C)cc3)[C@@H](Cc3ccc(O)cc3)C(N)=O)C2)cc1OC.O=C([O-])C(F)(F)F. The Bertz CT molecular complexity index is 1720. The highest BCUT2D eigenvalue weighted by molar-refractivity contribution is 5.95. The van der Waals surface area contributed by atoms with Gasteiger partial charge in [-0.1, -0.05) is 12.1 Å². The Morgan fingerprint density at radius 2 is 1.57 bits per heavy atom.